The zero-order valence-electron chi connectivity index (χ0n) is 13.2. The Hall–Kier alpha value is -1.46. The molecule has 0 N–H and O–H groups in total. The predicted octanol–water partition coefficient (Wildman–Crippen LogP) is 4.56. The monoisotopic (exact) mass is 377 g/mol. The number of allylic oxidation sites excluding steroid dienone is 3. The second-order valence-corrected chi connectivity index (χ2v) is 7.37. The van der Waals surface area contributed by atoms with Gasteiger partial charge in [-0.25, -0.2) is 0 Å². The number of hydrogen-bond acceptors (Lipinski definition) is 4. The fraction of sp³-hybridized carbons (Fsp3) is 0.444. The summed E-state index contributed by atoms with van der Waals surface area (Å²) >= 11 is 3.67. The normalized spacial score (nSPS) is 24.0. The number of halogens is 1. The summed E-state index contributed by atoms with van der Waals surface area (Å²) in [5.41, 5.74) is 3.85. The van der Waals surface area contributed by atoms with Gasteiger partial charge in [0, 0.05) is 17.5 Å². The molecule has 2 heterocycles. The van der Waals surface area contributed by atoms with Crippen LogP contribution < -0.4 is 14.4 Å². The number of ether oxygens (including phenoxy) is 3. The number of benzene rings is 1. The minimum absolute atomic E-state index is 0.298. The average Bonchev–Trinajstić information content (AvgIpc) is 2.99. The van der Waals surface area contributed by atoms with E-state index in [1.807, 2.05) is 12.1 Å². The molecule has 0 aromatic heterocycles. The highest BCUT2D eigenvalue weighted by atomic mass is 79.9. The summed E-state index contributed by atoms with van der Waals surface area (Å²) in [6.45, 7) is 3.91. The molecule has 1 aliphatic carbocycles. The van der Waals surface area contributed by atoms with E-state index in [2.05, 4.69) is 39.9 Å². The lowest BCUT2D eigenvalue weighted by atomic mass is 9.92. The van der Waals surface area contributed by atoms with Crippen LogP contribution in [0.5, 0.6) is 11.5 Å². The molecular weight excluding hydrogens is 358 g/mol. The van der Waals surface area contributed by atoms with Crippen LogP contribution in [0.25, 0.3) is 0 Å². The van der Waals surface area contributed by atoms with Crippen LogP contribution in [-0.4, -0.2) is 20.1 Å². The van der Waals surface area contributed by atoms with Gasteiger partial charge in [-0.1, -0.05) is 22.9 Å². The first kappa shape index (κ1) is 15.1. The Bertz CT molecular complexity index is 683. The zero-order valence-corrected chi connectivity index (χ0v) is 14.8. The smallest absolute Gasteiger partial charge is 0.231 e. The fourth-order valence-corrected chi connectivity index (χ4v) is 3.77. The van der Waals surface area contributed by atoms with Crippen molar-refractivity contribution in [2.45, 2.75) is 26.2 Å². The Kier molecular flexibility index (Phi) is 4.07. The number of anilines is 1. The SMILES string of the molecule is CC1COCN(c2ccc3c(c2)OCO3)C2=C(CCC(Br)=C2)C1. The van der Waals surface area contributed by atoms with Gasteiger partial charge in [0.15, 0.2) is 11.5 Å². The van der Waals surface area contributed by atoms with Crippen molar-refractivity contribution in [3.05, 3.63) is 40.0 Å². The third-order valence-corrected chi connectivity index (χ3v) is 5.12. The Morgan fingerprint density at radius 1 is 1.17 bits per heavy atom. The van der Waals surface area contributed by atoms with Crippen molar-refractivity contribution in [3.63, 3.8) is 0 Å². The van der Waals surface area contributed by atoms with Gasteiger partial charge < -0.3 is 19.1 Å². The fourth-order valence-electron chi connectivity index (χ4n) is 3.36. The van der Waals surface area contributed by atoms with Crippen LogP contribution in [0.4, 0.5) is 5.69 Å². The van der Waals surface area contributed by atoms with Crippen LogP contribution in [0.15, 0.2) is 40.0 Å². The minimum atomic E-state index is 0.298. The van der Waals surface area contributed by atoms with E-state index in [9.17, 15) is 0 Å². The van der Waals surface area contributed by atoms with E-state index in [0.717, 1.165) is 43.1 Å². The Labute approximate surface area is 144 Å². The molecule has 0 radical (unpaired) electrons. The van der Waals surface area contributed by atoms with E-state index in [-0.39, 0.29) is 0 Å². The summed E-state index contributed by atoms with van der Waals surface area (Å²) in [4.78, 5) is 2.24. The Balaban J connectivity index is 1.75. The van der Waals surface area contributed by atoms with E-state index < -0.39 is 0 Å². The van der Waals surface area contributed by atoms with E-state index in [1.54, 1.807) is 0 Å². The molecule has 3 aliphatic rings. The third-order valence-electron chi connectivity index (χ3n) is 4.50. The summed E-state index contributed by atoms with van der Waals surface area (Å²) < 4.78 is 18.1. The highest BCUT2D eigenvalue weighted by molar-refractivity contribution is 9.11. The summed E-state index contributed by atoms with van der Waals surface area (Å²) in [6.07, 6.45) is 5.52. The van der Waals surface area contributed by atoms with Gasteiger partial charge in [-0.05, 0) is 53.4 Å². The molecule has 122 valence electrons. The molecule has 0 fully saturated rings. The topological polar surface area (TPSA) is 30.9 Å². The lowest BCUT2D eigenvalue weighted by Gasteiger charge is -2.34. The first-order chi connectivity index (χ1) is 11.2. The molecule has 23 heavy (non-hydrogen) atoms. The van der Waals surface area contributed by atoms with E-state index >= 15 is 0 Å². The molecule has 1 unspecified atom stereocenters. The standard InChI is InChI=1S/C18H20BrNO3/c1-12-6-13-2-3-14(19)7-16(13)20(10-21-9-12)15-4-5-17-18(8-15)23-11-22-17/h4-5,7-8,12H,2-3,6,9-11H2,1H3. The summed E-state index contributed by atoms with van der Waals surface area (Å²) in [5, 5.41) is 0. The highest BCUT2D eigenvalue weighted by Crippen LogP contribution is 2.40. The molecule has 1 aromatic rings. The van der Waals surface area contributed by atoms with E-state index in [4.69, 9.17) is 14.2 Å². The number of rotatable bonds is 1. The quantitative estimate of drug-likeness (QED) is 0.717. The predicted molar refractivity (Wildman–Crippen MR) is 92.9 cm³/mol. The lowest BCUT2D eigenvalue weighted by Crippen LogP contribution is -2.30. The molecule has 4 nitrogen and oxygen atoms in total. The molecule has 0 amide bonds. The number of nitrogens with zero attached hydrogens (tertiary/aromatic N) is 1. The van der Waals surface area contributed by atoms with Crippen LogP contribution in [0.3, 0.4) is 0 Å². The number of fused-ring (bicyclic) bond motifs is 1. The molecule has 5 heteroatoms. The van der Waals surface area contributed by atoms with E-state index in [1.165, 1.54) is 15.8 Å². The average molecular weight is 378 g/mol. The third kappa shape index (κ3) is 3.00. The molecule has 1 atom stereocenters. The molecular formula is C18H20BrNO3. The van der Waals surface area contributed by atoms with Crippen LogP contribution in [-0.2, 0) is 4.74 Å². The minimum Gasteiger partial charge on any atom is -0.454 e. The van der Waals surface area contributed by atoms with Gasteiger partial charge in [0.1, 0.15) is 6.73 Å². The van der Waals surface area contributed by atoms with Crippen molar-refractivity contribution in [2.75, 3.05) is 25.0 Å². The van der Waals surface area contributed by atoms with Gasteiger partial charge in [0.05, 0.1) is 6.61 Å². The Morgan fingerprint density at radius 3 is 2.96 bits per heavy atom. The van der Waals surface area contributed by atoms with Gasteiger partial charge in [0.2, 0.25) is 6.79 Å². The van der Waals surface area contributed by atoms with Crippen molar-refractivity contribution in [1.82, 2.24) is 0 Å². The molecule has 4 rings (SSSR count). The first-order valence-corrected chi connectivity index (χ1v) is 8.83. The highest BCUT2D eigenvalue weighted by Gasteiger charge is 2.24. The van der Waals surface area contributed by atoms with Crippen LogP contribution in [0.1, 0.15) is 26.2 Å². The van der Waals surface area contributed by atoms with Gasteiger partial charge in [-0.3, -0.25) is 0 Å². The van der Waals surface area contributed by atoms with Crippen molar-refractivity contribution >= 4 is 21.6 Å². The Morgan fingerprint density at radius 2 is 2.04 bits per heavy atom. The van der Waals surface area contributed by atoms with Crippen molar-refractivity contribution in [3.8, 4) is 11.5 Å². The maximum atomic E-state index is 5.93. The van der Waals surface area contributed by atoms with Crippen LogP contribution in [0.2, 0.25) is 0 Å². The largest absolute Gasteiger partial charge is 0.454 e. The van der Waals surface area contributed by atoms with Crippen molar-refractivity contribution in [1.29, 1.82) is 0 Å². The maximum Gasteiger partial charge on any atom is 0.231 e. The van der Waals surface area contributed by atoms with Gasteiger partial charge in [-0.15, -0.1) is 0 Å². The molecule has 0 saturated carbocycles. The second-order valence-electron chi connectivity index (χ2n) is 6.35. The summed E-state index contributed by atoms with van der Waals surface area (Å²) in [7, 11) is 0. The lowest BCUT2D eigenvalue weighted by molar-refractivity contribution is 0.104. The van der Waals surface area contributed by atoms with E-state index in [0.29, 0.717) is 19.4 Å². The van der Waals surface area contributed by atoms with Crippen molar-refractivity contribution in [2.24, 2.45) is 5.92 Å². The maximum absolute atomic E-state index is 5.93. The number of hydrogen-bond donors (Lipinski definition) is 0. The van der Waals surface area contributed by atoms with Crippen LogP contribution >= 0.6 is 15.9 Å². The van der Waals surface area contributed by atoms with Gasteiger partial charge in [0.25, 0.3) is 0 Å². The summed E-state index contributed by atoms with van der Waals surface area (Å²) in [5.74, 6) is 2.17. The summed E-state index contributed by atoms with van der Waals surface area (Å²) in [6, 6.07) is 6.08. The molecule has 2 aliphatic heterocycles. The molecule has 0 spiro atoms. The van der Waals surface area contributed by atoms with Gasteiger partial charge in [-0.2, -0.15) is 0 Å². The molecule has 0 saturated heterocycles. The molecule has 0 bridgehead atoms. The molecule has 1 aromatic carbocycles. The van der Waals surface area contributed by atoms with Crippen LogP contribution in [0, 0.1) is 5.92 Å². The zero-order chi connectivity index (χ0) is 15.8. The van der Waals surface area contributed by atoms with Crippen molar-refractivity contribution < 1.29 is 14.2 Å². The first-order valence-electron chi connectivity index (χ1n) is 8.04. The second kappa shape index (κ2) is 6.21. The van der Waals surface area contributed by atoms with Gasteiger partial charge >= 0.3 is 0 Å².